The van der Waals surface area contributed by atoms with Crippen LogP contribution in [0.2, 0.25) is 0 Å². The lowest BCUT2D eigenvalue weighted by Crippen LogP contribution is -2.37. The number of carboxylic acids is 1. The Morgan fingerprint density at radius 3 is 2.53 bits per heavy atom. The number of carbonyl (C=O) groups is 1. The summed E-state index contributed by atoms with van der Waals surface area (Å²) in [4.78, 5) is 21.2. The van der Waals surface area contributed by atoms with E-state index in [0.29, 0.717) is 55.7 Å². The topological polar surface area (TPSA) is 151 Å². The van der Waals surface area contributed by atoms with E-state index in [0.717, 1.165) is 62.6 Å². The minimum atomic E-state index is -1.03. The van der Waals surface area contributed by atoms with Gasteiger partial charge < -0.3 is 31.1 Å². The highest BCUT2D eigenvalue weighted by Crippen LogP contribution is 2.46. The molecular formula is C43H68N3O5-. The molecule has 8 nitrogen and oxygen atoms in total. The van der Waals surface area contributed by atoms with E-state index in [2.05, 4.69) is 50.9 Å². The van der Waals surface area contributed by atoms with Crippen LogP contribution in [0.3, 0.4) is 0 Å². The maximum Gasteiger partial charge on any atom is 0.309 e. The number of aliphatic hydroxyl groups excluding tert-OH is 2. The number of aliphatic hydroxyl groups is 3. The summed E-state index contributed by atoms with van der Waals surface area (Å²) in [5, 5.41) is 44.3. The van der Waals surface area contributed by atoms with Crippen molar-refractivity contribution in [2.45, 2.75) is 161 Å². The number of anilines is 1. The highest BCUT2D eigenvalue weighted by molar-refractivity contribution is 5.70. The van der Waals surface area contributed by atoms with Gasteiger partial charge in [-0.15, -0.1) is 0 Å². The minimum Gasteiger partial charge on any atom is -0.667 e. The molecule has 2 heterocycles. The first kappa shape index (κ1) is 41.1. The molecule has 8 heteroatoms. The molecule has 4 rings (SSSR count). The zero-order valence-corrected chi connectivity index (χ0v) is 31.9. The van der Waals surface area contributed by atoms with Crippen LogP contribution in [-0.2, 0) is 17.6 Å². The number of aromatic nitrogens is 2. The number of nitrogen functional groups attached to an aromatic ring is 1. The summed E-state index contributed by atoms with van der Waals surface area (Å²) < 4.78 is 0. The number of aliphatic carboxylic acids is 1. The zero-order chi connectivity index (χ0) is 37.0. The van der Waals surface area contributed by atoms with Crippen molar-refractivity contribution < 1.29 is 25.2 Å². The van der Waals surface area contributed by atoms with E-state index in [1.54, 1.807) is 6.20 Å². The summed E-state index contributed by atoms with van der Waals surface area (Å²) in [6.45, 7) is 8.92. The minimum absolute atomic E-state index is 0.0453. The number of nitrogens with zero attached hydrogens (tertiary/aromatic N) is 2. The quantitative estimate of drug-likeness (QED) is 0.0607. The number of rotatable bonds is 22. The van der Waals surface area contributed by atoms with Crippen LogP contribution in [0, 0.1) is 35.5 Å². The van der Waals surface area contributed by atoms with Crippen LogP contribution in [0.1, 0.15) is 147 Å². The third-order valence-electron chi connectivity index (χ3n) is 12.0. The Morgan fingerprint density at radius 1 is 1.04 bits per heavy atom. The number of hydrogen-bond donors (Lipinski definition) is 5. The van der Waals surface area contributed by atoms with E-state index in [1.807, 2.05) is 18.3 Å². The average molecular weight is 707 g/mol. The molecule has 0 saturated heterocycles. The Bertz CT molecular complexity index is 1360. The van der Waals surface area contributed by atoms with Gasteiger partial charge in [0.05, 0.1) is 23.7 Å². The summed E-state index contributed by atoms with van der Waals surface area (Å²) in [6.07, 6.45) is 20.9. The molecule has 0 radical (unpaired) electrons. The molecule has 0 aromatic carbocycles. The van der Waals surface area contributed by atoms with Crippen LogP contribution >= 0.6 is 0 Å². The predicted octanol–water partition coefficient (Wildman–Crippen LogP) is 8.24. The Labute approximate surface area is 307 Å². The number of pyridine rings is 1. The molecule has 0 aliphatic heterocycles. The smallest absolute Gasteiger partial charge is 0.309 e. The molecule has 2 aliphatic rings. The highest BCUT2D eigenvalue weighted by Gasteiger charge is 2.45. The Hall–Kier alpha value is -2.68. The average Bonchev–Trinajstić information content (AvgIpc) is 3.66. The third kappa shape index (κ3) is 12.7. The van der Waals surface area contributed by atoms with Gasteiger partial charge in [-0.2, -0.15) is 11.9 Å². The van der Waals surface area contributed by atoms with E-state index >= 15 is 0 Å². The van der Waals surface area contributed by atoms with Crippen molar-refractivity contribution in [2.75, 3.05) is 5.73 Å². The molecule has 2 aromatic heterocycles. The third-order valence-corrected chi connectivity index (χ3v) is 12.0. The van der Waals surface area contributed by atoms with Crippen molar-refractivity contribution in [1.29, 1.82) is 0 Å². The second-order valence-corrected chi connectivity index (χ2v) is 16.8. The number of nitrogens with two attached hydrogens (primary N) is 1. The number of hydrogen-bond acceptors (Lipinski definition) is 6. The standard InChI is InChI=1S/C43H68N3O5/c1-5-6-8-11-31-14-15-34(40(48)23-31)12-9-7-10-13-38(42(49)50)39(47)16-18-43(51)27-33(21-32-17-19-45-41(44)24-32)22-36(43)26-37-25-35(28-46-37)30(4)20-29(2)3/h14-15,17,19,24-25,28-31,33-34,36,38-40,47-48,51H,5-13,16,18,20-23,26-27H2,1-4H3,(H2,44,45)(H,49,50)/q-1/t30-,31-,33-,34-,36+,38+,39-,40-,43+/m1/s1. The summed E-state index contributed by atoms with van der Waals surface area (Å²) >= 11 is 0. The summed E-state index contributed by atoms with van der Waals surface area (Å²) in [7, 11) is 0. The summed E-state index contributed by atoms with van der Waals surface area (Å²) in [6, 6.07) is 6.06. The van der Waals surface area contributed by atoms with Gasteiger partial charge in [-0.05, 0) is 118 Å². The van der Waals surface area contributed by atoms with E-state index in [4.69, 9.17) is 10.7 Å². The van der Waals surface area contributed by atoms with Gasteiger partial charge in [0, 0.05) is 12.1 Å². The second kappa shape index (κ2) is 20.0. The molecule has 2 aliphatic carbocycles. The van der Waals surface area contributed by atoms with Crippen molar-refractivity contribution in [3.63, 3.8) is 0 Å². The molecule has 0 amide bonds. The fraction of sp³-hybridized carbons (Fsp3) is 0.721. The SMILES string of the molecule is CCCCC[C@@H]1C=C[C@@H](CCCCC[C@H](C(=O)O)[C@H](O)CC[C@]2(O)C[C@H](Cc3ccnc(N)c3)C[C@H]2Cc2cc([C@H](C)CC(C)C)c[n-]2)[C@H](O)C1. The lowest BCUT2D eigenvalue weighted by Gasteiger charge is -2.33. The normalized spacial score (nSPS) is 26.8. The van der Waals surface area contributed by atoms with E-state index < -0.39 is 23.6 Å². The van der Waals surface area contributed by atoms with Crippen molar-refractivity contribution in [3.05, 3.63) is 59.6 Å². The summed E-state index contributed by atoms with van der Waals surface area (Å²) in [5.41, 5.74) is 8.26. The van der Waals surface area contributed by atoms with Gasteiger partial charge in [0.2, 0.25) is 0 Å². The van der Waals surface area contributed by atoms with Gasteiger partial charge in [-0.1, -0.05) is 90.0 Å². The van der Waals surface area contributed by atoms with Gasteiger partial charge in [-0.3, -0.25) is 4.79 Å². The molecule has 0 spiro atoms. The largest absolute Gasteiger partial charge is 0.667 e. The number of unbranched alkanes of at least 4 members (excludes halogenated alkanes) is 4. The molecule has 2 aromatic rings. The molecule has 0 bridgehead atoms. The fourth-order valence-electron chi connectivity index (χ4n) is 9.11. The van der Waals surface area contributed by atoms with Crippen molar-refractivity contribution in [1.82, 2.24) is 9.97 Å². The molecule has 1 saturated carbocycles. The fourth-order valence-corrected chi connectivity index (χ4v) is 9.11. The van der Waals surface area contributed by atoms with Crippen LogP contribution in [0.5, 0.6) is 0 Å². The lowest BCUT2D eigenvalue weighted by molar-refractivity contribution is -0.146. The molecule has 286 valence electrons. The molecule has 51 heavy (non-hydrogen) atoms. The first-order valence-corrected chi connectivity index (χ1v) is 20.2. The van der Waals surface area contributed by atoms with E-state index in [1.165, 1.54) is 24.8 Å². The van der Waals surface area contributed by atoms with Crippen molar-refractivity contribution in [3.8, 4) is 0 Å². The summed E-state index contributed by atoms with van der Waals surface area (Å²) in [5.74, 6) is 0.501. The molecule has 1 fully saturated rings. The first-order chi connectivity index (χ1) is 24.4. The van der Waals surface area contributed by atoms with Crippen LogP contribution in [0.25, 0.3) is 0 Å². The molecule has 9 atom stereocenters. The van der Waals surface area contributed by atoms with Crippen LogP contribution in [0.4, 0.5) is 5.82 Å². The number of carboxylic acid groups (broad SMARTS) is 1. The molecular weight excluding hydrogens is 638 g/mol. The van der Waals surface area contributed by atoms with Gasteiger partial charge >= 0.3 is 5.97 Å². The van der Waals surface area contributed by atoms with Crippen molar-refractivity contribution >= 4 is 11.8 Å². The highest BCUT2D eigenvalue weighted by atomic mass is 16.4. The van der Waals surface area contributed by atoms with Crippen LogP contribution in [0.15, 0.2) is 42.7 Å². The second-order valence-electron chi connectivity index (χ2n) is 16.8. The van der Waals surface area contributed by atoms with E-state index in [9.17, 15) is 25.2 Å². The van der Waals surface area contributed by atoms with Gasteiger partial charge in [0.1, 0.15) is 5.82 Å². The Balaban J connectivity index is 1.31. The van der Waals surface area contributed by atoms with Gasteiger partial charge in [-0.25, -0.2) is 4.98 Å². The maximum atomic E-state index is 12.3. The number of allylic oxidation sites excluding steroid dienone is 1. The van der Waals surface area contributed by atoms with Crippen LogP contribution in [-0.4, -0.2) is 49.2 Å². The molecule has 6 N–H and O–H groups in total. The monoisotopic (exact) mass is 707 g/mol. The van der Waals surface area contributed by atoms with Gasteiger partial charge in [0.25, 0.3) is 0 Å². The van der Waals surface area contributed by atoms with Crippen molar-refractivity contribution in [2.24, 2.45) is 35.5 Å². The maximum absolute atomic E-state index is 12.3. The van der Waals surface area contributed by atoms with Crippen LogP contribution < -0.4 is 10.7 Å². The first-order valence-electron chi connectivity index (χ1n) is 20.2. The lowest BCUT2D eigenvalue weighted by atomic mass is 9.80. The predicted molar refractivity (Wildman–Crippen MR) is 205 cm³/mol. The molecule has 0 unspecified atom stereocenters. The zero-order valence-electron chi connectivity index (χ0n) is 31.9. The Kier molecular flexibility index (Phi) is 16.1. The van der Waals surface area contributed by atoms with Gasteiger partial charge in [0.15, 0.2) is 0 Å². The Morgan fingerprint density at radius 2 is 1.82 bits per heavy atom. The van der Waals surface area contributed by atoms with E-state index in [-0.39, 0.29) is 30.3 Å².